The van der Waals surface area contributed by atoms with E-state index in [1.165, 1.54) is 47.4 Å². The minimum atomic E-state index is -0.361. The van der Waals surface area contributed by atoms with Gasteiger partial charge in [0.25, 0.3) is 5.91 Å². The first-order valence-electron chi connectivity index (χ1n) is 10.3. The molecule has 2 aromatic carbocycles. The van der Waals surface area contributed by atoms with Crippen LogP contribution < -0.4 is 5.32 Å². The number of halogens is 1. The first kappa shape index (κ1) is 22.1. The number of carbonyl (C=O) groups is 1. The summed E-state index contributed by atoms with van der Waals surface area (Å²) in [5.74, 6) is 1.03. The van der Waals surface area contributed by atoms with Crippen LogP contribution in [0.3, 0.4) is 0 Å². The van der Waals surface area contributed by atoms with Gasteiger partial charge >= 0.3 is 0 Å². The van der Waals surface area contributed by atoms with E-state index < -0.39 is 0 Å². The molecule has 3 aromatic heterocycles. The average Bonchev–Trinajstić information content (AvgIpc) is 3.60. The Bertz CT molecular complexity index is 1410. The smallest absolute Gasteiger partial charge is 0.275 e. The average molecular weight is 492 g/mol. The van der Waals surface area contributed by atoms with Crippen LogP contribution in [0.25, 0.3) is 17.3 Å². The van der Waals surface area contributed by atoms with Crippen molar-refractivity contribution in [2.75, 3.05) is 5.32 Å². The van der Waals surface area contributed by atoms with Crippen molar-refractivity contribution >= 4 is 34.7 Å². The van der Waals surface area contributed by atoms with Crippen molar-refractivity contribution in [2.45, 2.75) is 17.8 Å². The van der Waals surface area contributed by atoms with Crippen molar-refractivity contribution in [1.82, 2.24) is 19.7 Å². The number of thioether (sulfide) groups is 1. The van der Waals surface area contributed by atoms with E-state index in [-0.39, 0.29) is 11.7 Å². The molecule has 3 heterocycles. The third kappa shape index (κ3) is 4.78. The van der Waals surface area contributed by atoms with Crippen molar-refractivity contribution < 1.29 is 13.6 Å². The highest BCUT2D eigenvalue weighted by molar-refractivity contribution is 7.98. The molecule has 5 aromatic rings. The molecule has 0 spiro atoms. The van der Waals surface area contributed by atoms with E-state index >= 15 is 0 Å². The number of nitrogens with zero attached hydrogens (tertiary/aromatic N) is 4. The number of anilines is 1. The number of furan rings is 1. The van der Waals surface area contributed by atoms with E-state index in [0.29, 0.717) is 33.9 Å². The van der Waals surface area contributed by atoms with E-state index in [1.54, 1.807) is 11.6 Å². The number of benzene rings is 2. The summed E-state index contributed by atoms with van der Waals surface area (Å²) >= 11 is 2.86. The second-order valence-electron chi connectivity index (χ2n) is 7.33. The zero-order valence-corrected chi connectivity index (χ0v) is 19.6. The Morgan fingerprint density at radius 3 is 2.65 bits per heavy atom. The fourth-order valence-corrected chi connectivity index (χ4v) is 4.94. The molecule has 0 radical (unpaired) electrons. The highest BCUT2D eigenvalue weighted by Gasteiger charge is 2.19. The summed E-state index contributed by atoms with van der Waals surface area (Å²) in [6, 6.07) is 17.3. The Balaban J connectivity index is 1.34. The largest absolute Gasteiger partial charge is 0.461 e. The lowest BCUT2D eigenvalue weighted by Crippen LogP contribution is -2.12. The maximum absolute atomic E-state index is 13.1. The van der Waals surface area contributed by atoms with Gasteiger partial charge in [-0.25, -0.2) is 9.37 Å². The Morgan fingerprint density at radius 1 is 1.12 bits per heavy atom. The SMILES string of the molecule is Cc1ccc(-n2c(SCc3nc(C(=O)Nc4ccc(F)cc4)cs3)nnc2-c2ccco2)cc1. The normalized spacial score (nSPS) is 11.0. The summed E-state index contributed by atoms with van der Waals surface area (Å²) < 4.78 is 20.6. The number of rotatable bonds is 7. The summed E-state index contributed by atoms with van der Waals surface area (Å²) in [4.78, 5) is 16.9. The Labute approximate surface area is 202 Å². The van der Waals surface area contributed by atoms with Gasteiger partial charge in [0.15, 0.2) is 10.9 Å². The molecule has 0 saturated carbocycles. The number of thiazole rings is 1. The monoisotopic (exact) mass is 491 g/mol. The van der Waals surface area contributed by atoms with Gasteiger partial charge in [-0.1, -0.05) is 29.5 Å². The maximum atomic E-state index is 13.1. The van der Waals surface area contributed by atoms with Gasteiger partial charge in [0.1, 0.15) is 16.5 Å². The molecular weight excluding hydrogens is 473 g/mol. The third-order valence-electron chi connectivity index (χ3n) is 4.88. The van der Waals surface area contributed by atoms with E-state index in [9.17, 15) is 9.18 Å². The summed E-state index contributed by atoms with van der Waals surface area (Å²) in [7, 11) is 0. The van der Waals surface area contributed by atoms with Gasteiger partial charge in [-0.15, -0.1) is 21.5 Å². The minimum absolute atomic E-state index is 0.307. The van der Waals surface area contributed by atoms with Gasteiger partial charge in [0.05, 0.1) is 12.0 Å². The Kier molecular flexibility index (Phi) is 6.24. The van der Waals surface area contributed by atoms with Crippen LogP contribution in [0.2, 0.25) is 0 Å². The molecule has 10 heteroatoms. The van der Waals surface area contributed by atoms with Crippen molar-refractivity contribution in [2.24, 2.45) is 0 Å². The number of aromatic nitrogens is 4. The lowest BCUT2D eigenvalue weighted by Gasteiger charge is -2.09. The summed E-state index contributed by atoms with van der Waals surface area (Å²) in [6.07, 6.45) is 1.60. The summed E-state index contributed by atoms with van der Waals surface area (Å²) in [5.41, 5.74) is 2.89. The van der Waals surface area contributed by atoms with Crippen LogP contribution in [0.1, 0.15) is 21.1 Å². The van der Waals surface area contributed by atoms with Gasteiger partial charge in [0, 0.05) is 16.8 Å². The minimum Gasteiger partial charge on any atom is -0.461 e. The second-order valence-corrected chi connectivity index (χ2v) is 9.22. The number of aryl methyl sites for hydroxylation is 1. The third-order valence-corrected chi connectivity index (χ3v) is 6.85. The maximum Gasteiger partial charge on any atom is 0.275 e. The van der Waals surface area contributed by atoms with Gasteiger partial charge in [-0.2, -0.15) is 0 Å². The van der Waals surface area contributed by atoms with Crippen LogP contribution >= 0.6 is 23.1 Å². The molecule has 0 unspecified atom stereocenters. The lowest BCUT2D eigenvalue weighted by molar-refractivity contribution is 0.102. The van der Waals surface area contributed by atoms with Crippen molar-refractivity contribution in [1.29, 1.82) is 0 Å². The molecule has 1 N–H and O–H groups in total. The van der Waals surface area contributed by atoms with E-state index in [2.05, 4.69) is 20.5 Å². The van der Waals surface area contributed by atoms with Crippen molar-refractivity contribution in [3.05, 3.63) is 94.4 Å². The van der Waals surface area contributed by atoms with E-state index in [4.69, 9.17) is 4.42 Å². The second kappa shape index (κ2) is 9.62. The molecule has 1 amide bonds. The molecular formula is C24H18FN5O2S2. The Morgan fingerprint density at radius 2 is 1.91 bits per heavy atom. The van der Waals surface area contributed by atoms with Gasteiger partial charge in [-0.05, 0) is 55.5 Å². The predicted octanol–water partition coefficient (Wildman–Crippen LogP) is 5.98. The number of nitrogens with one attached hydrogen (secondary N) is 1. The number of carbonyl (C=O) groups excluding carboxylic acids is 1. The quantitative estimate of drug-likeness (QED) is 0.282. The fraction of sp³-hybridized carbons (Fsp3) is 0.0833. The van der Waals surface area contributed by atoms with Crippen molar-refractivity contribution in [3.8, 4) is 17.3 Å². The zero-order valence-electron chi connectivity index (χ0n) is 17.9. The first-order chi connectivity index (χ1) is 16.6. The predicted molar refractivity (Wildman–Crippen MR) is 130 cm³/mol. The van der Waals surface area contributed by atoms with Crippen LogP contribution in [0.15, 0.2) is 81.9 Å². The standard InChI is InChI=1S/C24H18FN5O2S2/c1-15-4-10-18(11-5-15)30-22(20-3-2-12-32-20)28-29-24(30)34-14-21-27-19(13-33-21)23(31)26-17-8-6-16(25)7-9-17/h2-13H,14H2,1H3,(H,26,31). The first-order valence-corrected chi connectivity index (χ1v) is 12.1. The molecule has 5 rings (SSSR count). The molecule has 0 aliphatic heterocycles. The molecule has 34 heavy (non-hydrogen) atoms. The molecule has 170 valence electrons. The van der Waals surface area contributed by atoms with E-state index in [1.807, 2.05) is 47.9 Å². The van der Waals surface area contributed by atoms with Gasteiger partial charge in [-0.3, -0.25) is 9.36 Å². The summed E-state index contributed by atoms with van der Waals surface area (Å²) in [6.45, 7) is 2.03. The van der Waals surface area contributed by atoms with Crippen LogP contribution in [-0.4, -0.2) is 25.7 Å². The lowest BCUT2D eigenvalue weighted by atomic mass is 10.2. The molecule has 0 aliphatic rings. The zero-order chi connectivity index (χ0) is 23.5. The van der Waals surface area contributed by atoms with E-state index in [0.717, 1.165) is 16.3 Å². The van der Waals surface area contributed by atoms with Gasteiger partial charge in [0.2, 0.25) is 5.82 Å². The highest BCUT2D eigenvalue weighted by Crippen LogP contribution is 2.30. The topological polar surface area (TPSA) is 85.8 Å². The molecule has 0 atom stereocenters. The molecule has 0 fully saturated rings. The number of hydrogen-bond donors (Lipinski definition) is 1. The molecule has 7 nitrogen and oxygen atoms in total. The number of hydrogen-bond acceptors (Lipinski definition) is 7. The van der Waals surface area contributed by atoms with Gasteiger partial charge < -0.3 is 9.73 Å². The fourth-order valence-electron chi connectivity index (χ4n) is 3.19. The molecule has 0 saturated heterocycles. The van der Waals surface area contributed by atoms with Crippen molar-refractivity contribution in [3.63, 3.8) is 0 Å². The van der Waals surface area contributed by atoms with Crippen LogP contribution in [0.4, 0.5) is 10.1 Å². The highest BCUT2D eigenvalue weighted by atomic mass is 32.2. The molecule has 0 bridgehead atoms. The van der Waals surface area contributed by atoms with Crippen LogP contribution in [0.5, 0.6) is 0 Å². The summed E-state index contributed by atoms with van der Waals surface area (Å²) in [5, 5.41) is 14.6. The number of amides is 1. The van der Waals surface area contributed by atoms with Crippen LogP contribution in [0, 0.1) is 12.7 Å². The molecule has 0 aliphatic carbocycles. The Hall–Kier alpha value is -3.76. The van der Waals surface area contributed by atoms with Crippen LogP contribution in [-0.2, 0) is 5.75 Å².